The second kappa shape index (κ2) is 4.52. The molecule has 0 radical (unpaired) electrons. The fourth-order valence-corrected chi connectivity index (χ4v) is 1.62. The Hall–Kier alpha value is -1.56. The Morgan fingerprint density at radius 2 is 2.25 bits per heavy atom. The van der Waals surface area contributed by atoms with Crippen molar-refractivity contribution in [3.8, 4) is 0 Å². The van der Waals surface area contributed by atoms with Gasteiger partial charge in [0.05, 0.1) is 5.56 Å². The van der Waals surface area contributed by atoms with Crippen LogP contribution in [0.15, 0.2) is 12.3 Å². The first-order valence-electron chi connectivity index (χ1n) is 4.68. The van der Waals surface area contributed by atoms with E-state index >= 15 is 0 Å². The summed E-state index contributed by atoms with van der Waals surface area (Å²) in [6, 6.07) is 1.61. The SMILES string of the molecule is CC=S(C)(=O)NC(=O)c1cnc(N)c(C)c1. The van der Waals surface area contributed by atoms with Crippen molar-refractivity contribution in [3.63, 3.8) is 0 Å². The van der Waals surface area contributed by atoms with Crippen LogP contribution in [0.4, 0.5) is 5.82 Å². The van der Waals surface area contributed by atoms with Crippen molar-refractivity contribution >= 4 is 26.8 Å². The number of aromatic nitrogens is 1. The highest BCUT2D eigenvalue weighted by Gasteiger charge is 2.10. The van der Waals surface area contributed by atoms with Crippen molar-refractivity contribution in [1.82, 2.24) is 9.71 Å². The molecule has 1 amide bonds. The first-order chi connectivity index (χ1) is 7.35. The van der Waals surface area contributed by atoms with Crippen LogP contribution < -0.4 is 10.5 Å². The second-order valence-corrected chi connectivity index (χ2v) is 5.98. The number of amides is 1. The number of aryl methyl sites for hydroxylation is 1. The summed E-state index contributed by atoms with van der Waals surface area (Å²) in [6.07, 6.45) is 2.82. The molecule has 88 valence electrons. The number of hydrogen-bond acceptors (Lipinski definition) is 4. The number of carbonyl (C=O) groups is 1. The second-order valence-electron chi connectivity index (χ2n) is 3.50. The average Bonchev–Trinajstić information content (AvgIpc) is 2.21. The number of carbonyl (C=O) groups excluding carboxylic acids is 1. The van der Waals surface area contributed by atoms with E-state index in [2.05, 4.69) is 9.71 Å². The third kappa shape index (κ3) is 2.96. The molecule has 1 heterocycles. The molecule has 0 aliphatic carbocycles. The highest BCUT2D eigenvalue weighted by atomic mass is 32.2. The molecule has 1 atom stereocenters. The van der Waals surface area contributed by atoms with E-state index in [0.29, 0.717) is 11.4 Å². The number of hydrogen-bond donors (Lipinski definition) is 2. The molecule has 1 aromatic heterocycles. The Balaban J connectivity index is 2.99. The van der Waals surface area contributed by atoms with Gasteiger partial charge < -0.3 is 5.73 Å². The van der Waals surface area contributed by atoms with Crippen LogP contribution in [0.5, 0.6) is 0 Å². The van der Waals surface area contributed by atoms with Crippen molar-refractivity contribution in [1.29, 1.82) is 0 Å². The third-order valence-corrected chi connectivity index (χ3v) is 3.62. The number of rotatable bonds is 2. The quantitative estimate of drug-likeness (QED) is 0.732. The molecule has 0 bridgehead atoms. The molecule has 0 spiro atoms. The summed E-state index contributed by atoms with van der Waals surface area (Å²) >= 11 is 0. The molecule has 5 nitrogen and oxygen atoms in total. The monoisotopic (exact) mass is 241 g/mol. The van der Waals surface area contributed by atoms with Crippen LogP contribution in [0.25, 0.3) is 0 Å². The molecule has 1 rings (SSSR count). The lowest BCUT2D eigenvalue weighted by molar-refractivity contribution is 0.0982. The van der Waals surface area contributed by atoms with Crippen LogP contribution in [0.3, 0.4) is 0 Å². The van der Waals surface area contributed by atoms with Crippen LogP contribution in [-0.4, -0.2) is 26.7 Å². The summed E-state index contributed by atoms with van der Waals surface area (Å²) in [7, 11) is -2.42. The van der Waals surface area contributed by atoms with Gasteiger partial charge in [-0.25, -0.2) is 9.19 Å². The topological polar surface area (TPSA) is 85.1 Å². The van der Waals surface area contributed by atoms with Gasteiger partial charge in [-0.05, 0) is 30.8 Å². The lowest BCUT2D eigenvalue weighted by atomic mass is 10.2. The first-order valence-corrected chi connectivity index (χ1v) is 6.71. The van der Waals surface area contributed by atoms with Gasteiger partial charge in [-0.15, -0.1) is 0 Å². The Morgan fingerprint density at radius 3 is 2.75 bits per heavy atom. The maximum atomic E-state index is 11.7. The highest BCUT2D eigenvalue weighted by Crippen LogP contribution is 2.08. The molecule has 0 aromatic carbocycles. The fraction of sp³-hybridized carbons (Fsp3) is 0.300. The van der Waals surface area contributed by atoms with Gasteiger partial charge in [0.15, 0.2) is 0 Å². The number of nitrogen functional groups attached to an aromatic ring is 1. The molecule has 3 N–H and O–H groups in total. The first kappa shape index (κ1) is 12.5. The molecular formula is C10H15N3O2S. The van der Waals surface area contributed by atoms with Crippen LogP contribution in [0, 0.1) is 6.92 Å². The van der Waals surface area contributed by atoms with Gasteiger partial charge in [-0.3, -0.25) is 9.52 Å². The fourth-order valence-electron chi connectivity index (χ4n) is 1.01. The number of nitrogens with two attached hydrogens (primary N) is 1. The van der Waals surface area contributed by atoms with Crippen LogP contribution >= 0.6 is 0 Å². The van der Waals surface area contributed by atoms with Crippen molar-refractivity contribution in [3.05, 3.63) is 23.4 Å². The van der Waals surface area contributed by atoms with E-state index in [9.17, 15) is 9.00 Å². The number of pyridine rings is 1. The molecule has 16 heavy (non-hydrogen) atoms. The molecule has 6 heteroatoms. The Bertz CT molecular complexity index is 531. The van der Waals surface area contributed by atoms with Crippen molar-refractivity contribution < 1.29 is 9.00 Å². The minimum Gasteiger partial charge on any atom is -0.383 e. The smallest absolute Gasteiger partial charge is 0.264 e. The minimum atomic E-state index is -2.42. The van der Waals surface area contributed by atoms with E-state index < -0.39 is 15.6 Å². The van der Waals surface area contributed by atoms with Gasteiger partial charge in [0.2, 0.25) is 0 Å². The summed E-state index contributed by atoms with van der Waals surface area (Å²) in [5.74, 6) is -0.0305. The minimum absolute atomic E-state index is 0.350. The summed E-state index contributed by atoms with van der Waals surface area (Å²) in [4.78, 5) is 15.6. The lowest BCUT2D eigenvalue weighted by Crippen LogP contribution is -2.30. The van der Waals surface area contributed by atoms with Crippen LogP contribution in [-0.2, 0) is 9.71 Å². The summed E-state index contributed by atoms with van der Waals surface area (Å²) in [6.45, 7) is 3.39. The molecule has 1 unspecified atom stereocenters. The summed E-state index contributed by atoms with van der Waals surface area (Å²) in [5.41, 5.74) is 6.61. The van der Waals surface area contributed by atoms with E-state index in [-0.39, 0.29) is 0 Å². The normalized spacial score (nSPS) is 13.9. The average molecular weight is 241 g/mol. The Labute approximate surface area is 95.2 Å². The van der Waals surface area contributed by atoms with E-state index in [0.717, 1.165) is 5.56 Å². The van der Waals surface area contributed by atoms with E-state index in [1.807, 2.05) is 0 Å². The van der Waals surface area contributed by atoms with E-state index in [1.54, 1.807) is 19.9 Å². The van der Waals surface area contributed by atoms with Crippen molar-refractivity contribution in [2.24, 2.45) is 0 Å². The van der Waals surface area contributed by atoms with Gasteiger partial charge in [0, 0.05) is 22.2 Å². The van der Waals surface area contributed by atoms with E-state index in [4.69, 9.17) is 5.73 Å². The number of anilines is 1. The largest absolute Gasteiger partial charge is 0.383 e. The molecule has 0 aliphatic heterocycles. The number of nitrogens with zero attached hydrogens (tertiary/aromatic N) is 1. The zero-order valence-electron chi connectivity index (χ0n) is 9.48. The zero-order chi connectivity index (χ0) is 12.3. The molecule has 0 fully saturated rings. The number of nitrogens with one attached hydrogen (secondary N) is 1. The maximum absolute atomic E-state index is 11.7. The summed E-state index contributed by atoms with van der Waals surface area (Å²) in [5, 5.41) is 1.46. The predicted octanol–water partition coefficient (Wildman–Crippen LogP) is 0.353. The lowest BCUT2D eigenvalue weighted by Gasteiger charge is -2.08. The van der Waals surface area contributed by atoms with Gasteiger partial charge in [0.1, 0.15) is 5.82 Å². The zero-order valence-corrected chi connectivity index (χ0v) is 10.3. The van der Waals surface area contributed by atoms with Crippen LogP contribution in [0.2, 0.25) is 0 Å². The maximum Gasteiger partial charge on any atom is 0.264 e. The molecule has 1 aromatic rings. The Morgan fingerprint density at radius 1 is 1.62 bits per heavy atom. The van der Waals surface area contributed by atoms with Crippen molar-refractivity contribution in [2.45, 2.75) is 13.8 Å². The van der Waals surface area contributed by atoms with Gasteiger partial charge in [-0.2, -0.15) is 0 Å². The standard InChI is InChI=1S/C10H15N3O2S/c1-4-16(3,15)13-10(14)8-5-7(2)9(11)12-6-8/h4-6H,1-3H3,(H2,11,12)(H,13,14,15). The van der Waals surface area contributed by atoms with Crippen molar-refractivity contribution in [2.75, 3.05) is 12.0 Å². The van der Waals surface area contributed by atoms with Gasteiger partial charge in [0.25, 0.3) is 5.91 Å². The van der Waals surface area contributed by atoms with Crippen LogP contribution in [0.1, 0.15) is 22.8 Å². The molecule has 0 aliphatic rings. The highest BCUT2D eigenvalue weighted by molar-refractivity contribution is 7.99. The third-order valence-electron chi connectivity index (χ3n) is 2.13. The van der Waals surface area contributed by atoms with E-state index in [1.165, 1.54) is 17.8 Å². The predicted molar refractivity (Wildman–Crippen MR) is 66.7 cm³/mol. The molecular weight excluding hydrogens is 226 g/mol. The Kier molecular flexibility index (Phi) is 3.54. The van der Waals surface area contributed by atoms with Gasteiger partial charge in [-0.1, -0.05) is 0 Å². The molecule has 0 saturated heterocycles. The summed E-state index contributed by atoms with van der Waals surface area (Å²) < 4.78 is 14.1. The van der Waals surface area contributed by atoms with Gasteiger partial charge >= 0.3 is 0 Å². The molecule has 0 saturated carbocycles.